The molecule has 6 nitrogen and oxygen atoms in total. The molecule has 1 aliphatic heterocycles. The largest absolute Gasteiger partial charge is 0.353 e. The van der Waals surface area contributed by atoms with E-state index in [1.165, 1.54) is 32.1 Å². The molecular formula is C15H23N5O. The lowest BCUT2D eigenvalue weighted by Gasteiger charge is -2.33. The number of rotatable bonds is 4. The second-order valence-corrected chi connectivity index (χ2v) is 5.85. The molecule has 1 saturated carbocycles. The topological polar surface area (TPSA) is 61.4 Å². The van der Waals surface area contributed by atoms with Crippen molar-refractivity contribution >= 4 is 18.2 Å². The number of hydrogen-bond acceptors (Lipinski definition) is 5. The molecule has 0 unspecified atom stereocenters. The Morgan fingerprint density at radius 2 is 1.90 bits per heavy atom. The van der Waals surface area contributed by atoms with Gasteiger partial charge in [0.15, 0.2) is 0 Å². The van der Waals surface area contributed by atoms with E-state index in [0.29, 0.717) is 6.04 Å². The van der Waals surface area contributed by atoms with Crippen LogP contribution in [0.1, 0.15) is 32.1 Å². The molecule has 114 valence electrons. The van der Waals surface area contributed by atoms with Gasteiger partial charge >= 0.3 is 0 Å². The number of anilines is 2. The maximum Gasteiger partial charge on any atom is 0.224 e. The number of nitrogens with zero attached hydrogens (tertiary/aromatic N) is 4. The standard InChI is InChI=1S/C15H23N5O/c21-12-19-8-10-20(11-9-19)14-6-7-16-15(18-14)17-13-4-2-1-3-5-13/h6-7,12-13H,1-5,8-11H2,(H,16,17,18). The number of piperazine rings is 1. The van der Waals surface area contributed by atoms with Crippen LogP contribution >= 0.6 is 0 Å². The van der Waals surface area contributed by atoms with E-state index in [1.807, 2.05) is 12.3 Å². The Morgan fingerprint density at radius 3 is 2.62 bits per heavy atom. The van der Waals surface area contributed by atoms with Crippen LogP contribution in [0.3, 0.4) is 0 Å². The molecule has 1 aliphatic carbocycles. The third kappa shape index (κ3) is 3.62. The van der Waals surface area contributed by atoms with Crippen LogP contribution in [0, 0.1) is 0 Å². The van der Waals surface area contributed by atoms with Gasteiger partial charge in [-0.25, -0.2) is 4.98 Å². The Hall–Kier alpha value is -1.85. The first-order valence-corrected chi connectivity index (χ1v) is 7.89. The Balaban J connectivity index is 1.61. The lowest BCUT2D eigenvalue weighted by atomic mass is 9.96. The van der Waals surface area contributed by atoms with Crippen molar-refractivity contribution in [1.82, 2.24) is 14.9 Å². The van der Waals surface area contributed by atoms with Crippen LogP contribution in [0.4, 0.5) is 11.8 Å². The summed E-state index contributed by atoms with van der Waals surface area (Å²) in [6, 6.07) is 2.46. The van der Waals surface area contributed by atoms with Crippen molar-refractivity contribution in [2.75, 3.05) is 36.4 Å². The Kier molecular flexibility index (Phi) is 4.52. The second-order valence-electron chi connectivity index (χ2n) is 5.85. The number of carbonyl (C=O) groups is 1. The predicted molar refractivity (Wildman–Crippen MR) is 82.4 cm³/mol. The molecule has 6 heteroatoms. The van der Waals surface area contributed by atoms with E-state index >= 15 is 0 Å². The molecule has 2 aliphatic rings. The molecule has 0 atom stereocenters. The summed E-state index contributed by atoms with van der Waals surface area (Å²) in [4.78, 5) is 23.8. The molecule has 0 radical (unpaired) electrons. The van der Waals surface area contributed by atoms with Crippen LogP contribution in [0.25, 0.3) is 0 Å². The molecule has 3 rings (SSSR count). The molecule has 0 spiro atoms. The Bertz CT molecular complexity index is 467. The summed E-state index contributed by atoms with van der Waals surface area (Å²) in [5, 5.41) is 3.46. The molecule has 1 saturated heterocycles. The molecule has 1 aromatic rings. The lowest BCUT2D eigenvalue weighted by Crippen LogP contribution is -2.46. The second kappa shape index (κ2) is 6.74. The molecule has 2 heterocycles. The van der Waals surface area contributed by atoms with E-state index in [4.69, 9.17) is 0 Å². The minimum absolute atomic E-state index is 0.515. The molecule has 2 fully saturated rings. The Labute approximate surface area is 125 Å². The van der Waals surface area contributed by atoms with Crippen LogP contribution in [-0.2, 0) is 4.79 Å². The zero-order valence-electron chi connectivity index (χ0n) is 12.4. The summed E-state index contributed by atoms with van der Waals surface area (Å²) in [7, 11) is 0. The number of carbonyl (C=O) groups excluding carboxylic acids is 1. The Morgan fingerprint density at radius 1 is 1.14 bits per heavy atom. The minimum Gasteiger partial charge on any atom is -0.353 e. The van der Waals surface area contributed by atoms with Crippen LogP contribution in [0.15, 0.2) is 12.3 Å². The SMILES string of the molecule is O=CN1CCN(c2ccnc(NC3CCCCC3)n2)CC1. The zero-order chi connectivity index (χ0) is 14.5. The predicted octanol–water partition coefficient (Wildman–Crippen LogP) is 1.50. The minimum atomic E-state index is 0.515. The van der Waals surface area contributed by atoms with Crippen molar-refractivity contribution in [3.8, 4) is 0 Å². The van der Waals surface area contributed by atoms with Gasteiger partial charge in [-0.05, 0) is 18.9 Å². The normalized spacial score (nSPS) is 20.4. The monoisotopic (exact) mass is 289 g/mol. The van der Waals surface area contributed by atoms with Gasteiger partial charge in [0.2, 0.25) is 12.4 Å². The van der Waals surface area contributed by atoms with Gasteiger partial charge in [0.25, 0.3) is 0 Å². The molecule has 21 heavy (non-hydrogen) atoms. The molecular weight excluding hydrogens is 266 g/mol. The van der Waals surface area contributed by atoms with Gasteiger partial charge in [0.1, 0.15) is 5.82 Å². The zero-order valence-corrected chi connectivity index (χ0v) is 12.4. The maximum atomic E-state index is 10.8. The highest BCUT2D eigenvalue weighted by Crippen LogP contribution is 2.21. The van der Waals surface area contributed by atoms with Gasteiger partial charge in [0.05, 0.1) is 0 Å². The van der Waals surface area contributed by atoms with Crippen molar-refractivity contribution in [1.29, 1.82) is 0 Å². The van der Waals surface area contributed by atoms with E-state index in [9.17, 15) is 4.79 Å². The summed E-state index contributed by atoms with van der Waals surface area (Å²) < 4.78 is 0. The lowest BCUT2D eigenvalue weighted by molar-refractivity contribution is -0.118. The van der Waals surface area contributed by atoms with Gasteiger partial charge in [-0.3, -0.25) is 4.79 Å². The van der Waals surface area contributed by atoms with Crippen molar-refractivity contribution in [3.05, 3.63) is 12.3 Å². The highest BCUT2D eigenvalue weighted by molar-refractivity contribution is 5.49. The smallest absolute Gasteiger partial charge is 0.224 e. The van der Waals surface area contributed by atoms with E-state index < -0.39 is 0 Å². The van der Waals surface area contributed by atoms with Crippen molar-refractivity contribution in [2.45, 2.75) is 38.1 Å². The number of amides is 1. The third-order valence-corrected chi connectivity index (χ3v) is 4.37. The summed E-state index contributed by atoms with van der Waals surface area (Å²) in [5.41, 5.74) is 0. The van der Waals surface area contributed by atoms with E-state index in [2.05, 4.69) is 20.2 Å². The quantitative estimate of drug-likeness (QED) is 0.851. The fourth-order valence-corrected chi connectivity index (χ4v) is 3.08. The summed E-state index contributed by atoms with van der Waals surface area (Å²) in [5.74, 6) is 1.69. The van der Waals surface area contributed by atoms with E-state index in [1.54, 1.807) is 4.90 Å². The highest BCUT2D eigenvalue weighted by atomic mass is 16.1. The third-order valence-electron chi connectivity index (χ3n) is 4.37. The maximum absolute atomic E-state index is 10.8. The first-order chi connectivity index (χ1) is 10.3. The summed E-state index contributed by atoms with van der Waals surface area (Å²) in [6.45, 7) is 3.19. The van der Waals surface area contributed by atoms with Gasteiger partial charge < -0.3 is 15.1 Å². The van der Waals surface area contributed by atoms with Crippen LogP contribution in [0.5, 0.6) is 0 Å². The molecule has 1 amide bonds. The number of aromatic nitrogens is 2. The van der Waals surface area contributed by atoms with Crippen LogP contribution < -0.4 is 10.2 Å². The fraction of sp³-hybridized carbons (Fsp3) is 0.667. The fourth-order valence-electron chi connectivity index (χ4n) is 3.08. The first-order valence-electron chi connectivity index (χ1n) is 7.89. The van der Waals surface area contributed by atoms with E-state index in [0.717, 1.165) is 44.4 Å². The summed E-state index contributed by atoms with van der Waals surface area (Å²) in [6.07, 6.45) is 9.11. The van der Waals surface area contributed by atoms with Gasteiger partial charge in [-0.2, -0.15) is 4.98 Å². The van der Waals surface area contributed by atoms with Gasteiger partial charge in [-0.15, -0.1) is 0 Å². The van der Waals surface area contributed by atoms with Crippen molar-refractivity contribution in [3.63, 3.8) is 0 Å². The molecule has 1 N–H and O–H groups in total. The average molecular weight is 289 g/mol. The number of nitrogens with one attached hydrogen (secondary N) is 1. The van der Waals surface area contributed by atoms with E-state index in [-0.39, 0.29) is 0 Å². The average Bonchev–Trinajstić information content (AvgIpc) is 2.56. The highest BCUT2D eigenvalue weighted by Gasteiger charge is 2.18. The number of hydrogen-bond donors (Lipinski definition) is 1. The first kappa shape index (κ1) is 14.1. The van der Waals surface area contributed by atoms with Crippen LogP contribution in [0.2, 0.25) is 0 Å². The molecule has 1 aromatic heterocycles. The van der Waals surface area contributed by atoms with Gasteiger partial charge in [0, 0.05) is 38.4 Å². The van der Waals surface area contributed by atoms with Crippen LogP contribution in [-0.4, -0.2) is 53.5 Å². The van der Waals surface area contributed by atoms with Crippen molar-refractivity contribution < 1.29 is 4.79 Å². The van der Waals surface area contributed by atoms with Gasteiger partial charge in [-0.1, -0.05) is 19.3 Å². The summed E-state index contributed by atoms with van der Waals surface area (Å²) >= 11 is 0. The molecule has 0 aromatic carbocycles. The molecule has 0 bridgehead atoms. The van der Waals surface area contributed by atoms with Crippen molar-refractivity contribution in [2.24, 2.45) is 0 Å².